The molecular formula is C20H25N3O4. The molecule has 1 aliphatic heterocycles. The van der Waals surface area contributed by atoms with Crippen LogP contribution in [0.15, 0.2) is 24.3 Å². The number of likely N-dealkylation sites (tertiary alicyclic amines) is 1. The van der Waals surface area contributed by atoms with Gasteiger partial charge in [0.25, 0.3) is 0 Å². The summed E-state index contributed by atoms with van der Waals surface area (Å²) in [6.07, 6.45) is 1.21. The Morgan fingerprint density at radius 3 is 2.59 bits per heavy atom. The molecule has 3 rings (SSSR count). The second-order valence-corrected chi connectivity index (χ2v) is 8.26. The first-order valence-corrected chi connectivity index (χ1v) is 9.17. The number of ether oxygens (including phenoxy) is 1. The van der Waals surface area contributed by atoms with E-state index < -0.39 is 23.8 Å². The van der Waals surface area contributed by atoms with Gasteiger partial charge in [-0.1, -0.05) is 12.1 Å². The van der Waals surface area contributed by atoms with Gasteiger partial charge in [-0.3, -0.25) is 4.79 Å². The molecule has 0 spiro atoms. The molecule has 2 unspecified atom stereocenters. The third-order valence-corrected chi connectivity index (χ3v) is 4.87. The quantitative estimate of drug-likeness (QED) is 0.846. The highest BCUT2D eigenvalue weighted by Crippen LogP contribution is 2.47. The first kappa shape index (κ1) is 19.0. The van der Waals surface area contributed by atoms with Crippen molar-refractivity contribution >= 4 is 12.0 Å². The first-order valence-electron chi connectivity index (χ1n) is 9.17. The predicted molar refractivity (Wildman–Crippen MR) is 97.7 cm³/mol. The first-order chi connectivity index (χ1) is 12.7. The summed E-state index contributed by atoms with van der Waals surface area (Å²) in [4.78, 5) is 27.1. The number of phenols is 1. The average Bonchev–Trinajstić information content (AvgIpc) is 3.24. The molecule has 27 heavy (non-hydrogen) atoms. The summed E-state index contributed by atoms with van der Waals surface area (Å²) in [5, 5.41) is 21.5. The van der Waals surface area contributed by atoms with E-state index in [1.54, 1.807) is 37.8 Å². The minimum atomic E-state index is -0.834. The normalized spacial score (nSPS) is 24.5. The standard InChI is InChI=1S/C20H25N3O4/c1-20(2,3)27-19(26)22-16(8-12-4-6-15(24)7-5-12)18(25)23-14(11-21)9-13-10-17(13)23/h4-7,13-14,16-17,24H,8-10H2,1-3H3,(H,22,26)/t13?,14-,16?,17-/m0/s1. The van der Waals surface area contributed by atoms with Gasteiger partial charge in [-0.2, -0.15) is 5.26 Å². The van der Waals surface area contributed by atoms with E-state index in [2.05, 4.69) is 11.4 Å². The Labute approximate surface area is 158 Å². The van der Waals surface area contributed by atoms with Crippen molar-refractivity contribution in [3.05, 3.63) is 29.8 Å². The van der Waals surface area contributed by atoms with Gasteiger partial charge in [0.2, 0.25) is 5.91 Å². The number of amides is 2. The number of nitrogens with zero attached hydrogens (tertiary/aromatic N) is 2. The number of phenolic OH excluding ortho intramolecular Hbond substituents is 1. The lowest BCUT2D eigenvalue weighted by Crippen LogP contribution is -2.52. The molecule has 4 atom stereocenters. The van der Waals surface area contributed by atoms with Gasteiger partial charge in [-0.15, -0.1) is 0 Å². The molecule has 0 radical (unpaired) electrons. The molecule has 2 fully saturated rings. The Bertz CT molecular complexity index is 763. The van der Waals surface area contributed by atoms with E-state index in [1.807, 2.05) is 0 Å². The summed E-state index contributed by atoms with van der Waals surface area (Å²) >= 11 is 0. The van der Waals surface area contributed by atoms with Crippen LogP contribution in [-0.2, 0) is 16.0 Å². The van der Waals surface area contributed by atoms with E-state index in [4.69, 9.17) is 4.74 Å². The Hall–Kier alpha value is -2.75. The number of aromatic hydroxyl groups is 1. The third kappa shape index (κ3) is 4.51. The Morgan fingerprint density at radius 1 is 1.33 bits per heavy atom. The van der Waals surface area contributed by atoms with E-state index >= 15 is 0 Å². The van der Waals surface area contributed by atoms with Crippen molar-refractivity contribution in [3.63, 3.8) is 0 Å². The highest BCUT2D eigenvalue weighted by Gasteiger charge is 2.55. The lowest BCUT2D eigenvalue weighted by molar-refractivity contribution is -0.134. The molecule has 1 aliphatic carbocycles. The maximum absolute atomic E-state index is 13.2. The molecule has 0 bridgehead atoms. The van der Waals surface area contributed by atoms with Crippen molar-refractivity contribution in [2.45, 2.75) is 63.8 Å². The van der Waals surface area contributed by atoms with Crippen LogP contribution in [0.25, 0.3) is 0 Å². The molecule has 1 heterocycles. The highest BCUT2D eigenvalue weighted by atomic mass is 16.6. The van der Waals surface area contributed by atoms with Crippen molar-refractivity contribution in [2.75, 3.05) is 0 Å². The summed E-state index contributed by atoms with van der Waals surface area (Å²) in [6.45, 7) is 5.26. The molecule has 1 saturated heterocycles. The number of nitrogens with one attached hydrogen (secondary N) is 1. The summed E-state index contributed by atoms with van der Waals surface area (Å²) in [5.41, 5.74) is 0.114. The van der Waals surface area contributed by atoms with Gasteiger partial charge in [0.1, 0.15) is 23.4 Å². The Kier molecular flexibility index (Phi) is 5.01. The van der Waals surface area contributed by atoms with Crippen LogP contribution in [0, 0.1) is 17.2 Å². The van der Waals surface area contributed by atoms with Crippen LogP contribution in [0.1, 0.15) is 39.2 Å². The van der Waals surface area contributed by atoms with Gasteiger partial charge in [0.05, 0.1) is 6.07 Å². The number of hydrogen-bond acceptors (Lipinski definition) is 5. The molecule has 1 saturated carbocycles. The topological polar surface area (TPSA) is 103 Å². The smallest absolute Gasteiger partial charge is 0.408 e. The summed E-state index contributed by atoms with van der Waals surface area (Å²) in [5.74, 6) is 0.270. The highest BCUT2D eigenvalue weighted by molar-refractivity contribution is 5.87. The number of benzene rings is 1. The van der Waals surface area contributed by atoms with Gasteiger partial charge < -0.3 is 20.1 Å². The zero-order chi connectivity index (χ0) is 19.8. The molecular weight excluding hydrogens is 346 g/mol. The van der Waals surface area contributed by atoms with Crippen molar-refractivity contribution < 1.29 is 19.4 Å². The molecule has 1 aromatic carbocycles. The van der Waals surface area contributed by atoms with Gasteiger partial charge in [-0.05, 0) is 57.2 Å². The van der Waals surface area contributed by atoms with Crippen molar-refractivity contribution in [1.82, 2.24) is 10.2 Å². The minimum absolute atomic E-state index is 0.102. The van der Waals surface area contributed by atoms with E-state index in [1.165, 1.54) is 12.1 Å². The van der Waals surface area contributed by atoms with Crippen LogP contribution < -0.4 is 5.32 Å². The minimum Gasteiger partial charge on any atom is -0.508 e. The van der Waals surface area contributed by atoms with Gasteiger partial charge in [0, 0.05) is 12.5 Å². The second-order valence-electron chi connectivity index (χ2n) is 8.26. The monoisotopic (exact) mass is 371 g/mol. The van der Waals surface area contributed by atoms with Gasteiger partial charge in [-0.25, -0.2) is 4.79 Å². The summed E-state index contributed by atoms with van der Waals surface area (Å²) in [7, 11) is 0. The number of alkyl carbamates (subject to hydrolysis) is 1. The fourth-order valence-corrected chi connectivity index (χ4v) is 3.59. The van der Waals surface area contributed by atoms with Crippen molar-refractivity contribution in [2.24, 2.45) is 5.92 Å². The van der Waals surface area contributed by atoms with E-state index in [-0.39, 0.29) is 24.1 Å². The summed E-state index contributed by atoms with van der Waals surface area (Å²) < 4.78 is 5.30. The molecule has 7 heteroatoms. The molecule has 1 aromatic rings. The second kappa shape index (κ2) is 7.10. The van der Waals surface area contributed by atoms with Crippen LogP contribution >= 0.6 is 0 Å². The number of carbonyl (C=O) groups excluding carboxylic acids is 2. The number of carbonyl (C=O) groups is 2. The zero-order valence-electron chi connectivity index (χ0n) is 15.8. The largest absolute Gasteiger partial charge is 0.508 e. The summed E-state index contributed by atoms with van der Waals surface area (Å²) in [6, 6.07) is 7.52. The van der Waals surface area contributed by atoms with Crippen LogP contribution in [0.5, 0.6) is 5.75 Å². The average molecular weight is 371 g/mol. The fraction of sp³-hybridized carbons (Fsp3) is 0.550. The maximum atomic E-state index is 13.2. The number of rotatable bonds is 4. The molecule has 7 nitrogen and oxygen atoms in total. The van der Waals surface area contributed by atoms with Crippen LogP contribution in [0.4, 0.5) is 4.79 Å². The fourth-order valence-electron chi connectivity index (χ4n) is 3.59. The predicted octanol–water partition coefficient (Wildman–Crippen LogP) is 2.34. The van der Waals surface area contributed by atoms with Gasteiger partial charge >= 0.3 is 6.09 Å². The van der Waals surface area contributed by atoms with Crippen molar-refractivity contribution in [3.8, 4) is 11.8 Å². The molecule has 2 amide bonds. The number of hydrogen-bond donors (Lipinski definition) is 2. The van der Waals surface area contributed by atoms with Crippen molar-refractivity contribution in [1.29, 1.82) is 5.26 Å². The molecule has 2 N–H and O–H groups in total. The number of nitriles is 1. The molecule has 2 aliphatic rings. The van der Waals surface area contributed by atoms with Crippen LogP contribution in [0.2, 0.25) is 0 Å². The van der Waals surface area contributed by atoms with E-state index in [0.717, 1.165) is 12.0 Å². The Morgan fingerprint density at radius 2 is 2.00 bits per heavy atom. The number of fused-ring (bicyclic) bond motifs is 1. The van der Waals surface area contributed by atoms with Crippen LogP contribution in [0.3, 0.4) is 0 Å². The molecule has 144 valence electrons. The lowest BCUT2D eigenvalue weighted by Gasteiger charge is -2.29. The van der Waals surface area contributed by atoms with E-state index in [9.17, 15) is 20.0 Å². The maximum Gasteiger partial charge on any atom is 0.408 e. The van der Waals surface area contributed by atoms with Gasteiger partial charge in [0.15, 0.2) is 0 Å². The zero-order valence-corrected chi connectivity index (χ0v) is 15.8. The SMILES string of the molecule is CC(C)(C)OC(=O)NC(Cc1ccc(O)cc1)C(=O)N1[C@H](C#N)CC2C[C@@H]21. The Balaban J connectivity index is 1.78. The molecule has 0 aromatic heterocycles. The lowest BCUT2D eigenvalue weighted by atomic mass is 10.0. The number of piperidine rings is 1. The third-order valence-electron chi connectivity index (χ3n) is 4.87. The van der Waals surface area contributed by atoms with E-state index in [0.29, 0.717) is 12.3 Å². The van der Waals surface area contributed by atoms with Crippen LogP contribution in [-0.4, -0.2) is 45.7 Å².